The van der Waals surface area contributed by atoms with E-state index < -0.39 is 85.4 Å². The van der Waals surface area contributed by atoms with Crippen LogP contribution in [-0.4, -0.2) is 96.3 Å². The van der Waals surface area contributed by atoms with Crippen molar-refractivity contribution in [3.63, 3.8) is 0 Å². The van der Waals surface area contributed by atoms with Crippen molar-refractivity contribution < 1.29 is 51.6 Å². The molecule has 2 heterocycles. The number of nitrogens with zero attached hydrogens (tertiary/aromatic N) is 3. The summed E-state index contributed by atoms with van der Waals surface area (Å²) < 4.78 is 61.2. The first kappa shape index (κ1) is 44.6. The van der Waals surface area contributed by atoms with Gasteiger partial charge in [0.25, 0.3) is 5.56 Å². The van der Waals surface area contributed by atoms with E-state index >= 15 is 0 Å². The lowest BCUT2D eigenvalue weighted by Gasteiger charge is -2.39. The number of ether oxygens (including phenoxy) is 6. The van der Waals surface area contributed by atoms with Crippen molar-refractivity contribution in [2.45, 2.75) is 119 Å². The number of aromatic nitrogens is 2. The third-order valence-corrected chi connectivity index (χ3v) is 11.0. The van der Waals surface area contributed by atoms with Crippen molar-refractivity contribution in [2.24, 2.45) is 10.8 Å². The van der Waals surface area contributed by atoms with Gasteiger partial charge in [-0.15, -0.1) is 0 Å². The Hall–Kier alpha value is -2.59. The number of nitrogens with one attached hydrogen (secondary N) is 1. The molecule has 0 aliphatic carbocycles. The Morgan fingerprint density at radius 3 is 2.02 bits per heavy atom. The molecule has 0 amide bonds. The molecule has 0 bridgehead atoms. The van der Waals surface area contributed by atoms with Crippen molar-refractivity contribution in [3.05, 3.63) is 33.1 Å². The standard InChI is InChI=1S/C32H53N4O13PS/c1-20(2)36(21(3)4)30(43-16-12-14-33)49-24-22(48-26(25(24)42-11)35-15-13-23(37)34-29(35)40)17-51-50(41,46-18-44-27(38)31(5,6)7)47-19-45-28(39)32(8,9)10/h13,15,20-22,24-26,30H,12,16-19H2,1-11H3,(H,34,37,40)/t22-,24+,25?,26-,30?/m1/s1. The van der Waals surface area contributed by atoms with Gasteiger partial charge >= 0.3 is 24.4 Å². The highest BCUT2D eigenvalue weighted by Crippen LogP contribution is 2.61. The summed E-state index contributed by atoms with van der Waals surface area (Å²) in [7, 11) is 1.39. The predicted octanol–water partition coefficient (Wildman–Crippen LogP) is 4.13. The highest BCUT2D eigenvalue weighted by Gasteiger charge is 2.50. The average molecular weight is 765 g/mol. The Morgan fingerprint density at radius 2 is 1.57 bits per heavy atom. The number of methoxy groups -OCH3 is 1. The highest BCUT2D eigenvalue weighted by atomic mass is 32.7. The summed E-state index contributed by atoms with van der Waals surface area (Å²) in [5.41, 5.74) is -3.13. The largest absolute Gasteiger partial charge is 0.438 e. The van der Waals surface area contributed by atoms with Crippen LogP contribution in [-0.2, 0) is 51.6 Å². The van der Waals surface area contributed by atoms with Crippen molar-refractivity contribution in [1.29, 1.82) is 5.26 Å². The van der Waals surface area contributed by atoms with Gasteiger partial charge in [-0.25, -0.2) is 9.36 Å². The number of carbonyl (C=O) groups excluding carboxylic acids is 2. The van der Waals surface area contributed by atoms with Crippen LogP contribution in [0, 0.1) is 22.2 Å². The van der Waals surface area contributed by atoms with E-state index in [2.05, 4.69) is 4.98 Å². The first-order valence-corrected chi connectivity index (χ1v) is 19.6. The number of hydrogen-bond acceptors (Lipinski definition) is 16. The number of carbonyl (C=O) groups is 2. The van der Waals surface area contributed by atoms with E-state index in [1.807, 2.05) is 38.7 Å². The third-order valence-electron chi connectivity index (χ3n) is 7.29. The molecule has 1 aliphatic heterocycles. The maximum Gasteiger partial charge on any atom is 0.395 e. The lowest BCUT2D eigenvalue weighted by Crippen LogP contribution is -2.52. The summed E-state index contributed by atoms with van der Waals surface area (Å²) in [6.45, 7) is 11.9. The quantitative estimate of drug-likeness (QED) is 0.0909. The molecule has 17 nitrogen and oxygen atoms in total. The summed E-state index contributed by atoms with van der Waals surface area (Å²) in [5, 5.41) is 9.17. The molecule has 290 valence electrons. The first-order chi connectivity index (χ1) is 23.6. The minimum absolute atomic E-state index is 0.0437. The number of H-pyrrole nitrogens is 1. The fourth-order valence-corrected chi connectivity index (χ4v) is 7.60. The molecule has 1 aromatic heterocycles. The molecule has 19 heteroatoms. The van der Waals surface area contributed by atoms with Crippen LogP contribution in [0.4, 0.5) is 0 Å². The van der Waals surface area contributed by atoms with E-state index in [4.69, 9.17) is 42.7 Å². The van der Waals surface area contributed by atoms with Gasteiger partial charge in [0, 0.05) is 37.2 Å². The molecule has 2 rings (SSSR count). The summed E-state index contributed by atoms with van der Waals surface area (Å²) >= 11 is 0.654. The zero-order valence-corrected chi connectivity index (χ0v) is 32.9. The average Bonchev–Trinajstić information content (AvgIpc) is 3.35. The Bertz CT molecular complexity index is 1450. The van der Waals surface area contributed by atoms with Gasteiger partial charge in [-0.2, -0.15) is 5.26 Å². The monoisotopic (exact) mass is 764 g/mol. The normalized spacial score (nSPS) is 20.5. The summed E-state index contributed by atoms with van der Waals surface area (Å²) in [6, 6.07) is 3.02. The van der Waals surface area contributed by atoms with E-state index in [-0.39, 0.29) is 30.9 Å². The summed E-state index contributed by atoms with van der Waals surface area (Å²) in [4.78, 5) is 53.6. The molecule has 51 heavy (non-hydrogen) atoms. The van der Waals surface area contributed by atoms with E-state index in [0.29, 0.717) is 11.4 Å². The summed E-state index contributed by atoms with van der Waals surface area (Å²) in [6.07, 6.45) is -3.80. The van der Waals surface area contributed by atoms with Gasteiger partial charge in [-0.05, 0) is 80.6 Å². The topological polar surface area (TPSA) is 207 Å². The molecule has 0 radical (unpaired) electrons. The SMILES string of the molecule is COC1[C@@H](OC(OCCC#N)N(C(C)C)C(C)C)[C@@H](CSP(=O)(OCOC(=O)C(C)(C)C)OCOC(=O)C(C)(C)C)O[C@H]1n1ccc(=O)[nH]c1=O. The minimum atomic E-state index is -4.27. The van der Waals surface area contributed by atoms with Crippen LogP contribution in [0.15, 0.2) is 21.9 Å². The van der Waals surface area contributed by atoms with Gasteiger partial charge in [-0.1, -0.05) is 0 Å². The Kier molecular flexibility index (Phi) is 17.0. The van der Waals surface area contributed by atoms with Gasteiger partial charge in [0.15, 0.2) is 6.23 Å². The second kappa shape index (κ2) is 19.5. The molecule has 1 saturated heterocycles. The fraction of sp³-hybridized carbons (Fsp3) is 0.781. The van der Waals surface area contributed by atoms with Crippen molar-refractivity contribution in [2.75, 3.05) is 33.1 Å². The molecule has 1 aliphatic rings. The van der Waals surface area contributed by atoms with Crippen LogP contribution in [0.25, 0.3) is 0 Å². The predicted molar refractivity (Wildman–Crippen MR) is 186 cm³/mol. The molecule has 2 unspecified atom stereocenters. The van der Waals surface area contributed by atoms with Crippen molar-refractivity contribution >= 4 is 30.1 Å². The lowest BCUT2D eigenvalue weighted by atomic mass is 9.98. The highest BCUT2D eigenvalue weighted by molar-refractivity contribution is 8.55. The molecular formula is C32H53N4O13PS. The third kappa shape index (κ3) is 13.4. The van der Waals surface area contributed by atoms with Gasteiger partial charge in [0.2, 0.25) is 20.0 Å². The molecule has 1 fully saturated rings. The number of aromatic amines is 1. The van der Waals surface area contributed by atoms with E-state index in [1.165, 1.54) is 13.3 Å². The van der Waals surface area contributed by atoms with Crippen LogP contribution < -0.4 is 11.2 Å². The molecule has 0 spiro atoms. The zero-order chi connectivity index (χ0) is 38.7. The Labute approximate surface area is 302 Å². The van der Waals surface area contributed by atoms with Gasteiger partial charge in [-0.3, -0.25) is 37.9 Å². The Balaban J connectivity index is 2.50. The summed E-state index contributed by atoms with van der Waals surface area (Å²) in [5.74, 6) is -1.42. The Morgan fingerprint density at radius 1 is 1.02 bits per heavy atom. The molecule has 1 aromatic rings. The number of rotatable bonds is 19. The molecule has 0 aromatic carbocycles. The van der Waals surface area contributed by atoms with Crippen LogP contribution in [0.3, 0.4) is 0 Å². The van der Waals surface area contributed by atoms with Gasteiger partial charge in [0.1, 0.15) is 12.2 Å². The zero-order valence-electron chi connectivity index (χ0n) is 31.2. The maximum absolute atomic E-state index is 14.1. The van der Waals surface area contributed by atoms with Crippen LogP contribution in [0.2, 0.25) is 0 Å². The van der Waals surface area contributed by atoms with Crippen LogP contribution in [0.1, 0.15) is 81.9 Å². The van der Waals surface area contributed by atoms with Crippen molar-refractivity contribution in [3.8, 4) is 6.07 Å². The molecule has 0 saturated carbocycles. The first-order valence-electron chi connectivity index (χ1n) is 16.4. The maximum atomic E-state index is 14.1. The van der Waals surface area contributed by atoms with Crippen LogP contribution >= 0.6 is 18.2 Å². The van der Waals surface area contributed by atoms with E-state index in [1.54, 1.807) is 41.5 Å². The van der Waals surface area contributed by atoms with E-state index in [0.717, 1.165) is 10.6 Å². The number of hydrogen-bond donors (Lipinski definition) is 1. The fourth-order valence-electron chi connectivity index (χ4n) is 4.73. The van der Waals surface area contributed by atoms with E-state index in [9.17, 15) is 23.7 Å². The lowest BCUT2D eigenvalue weighted by molar-refractivity contribution is -0.272. The minimum Gasteiger partial charge on any atom is -0.438 e. The number of nitriles is 1. The van der Waals surface area contributed by atoms with Gasteiger partial charge < -0.3 is 28.4 Å². The molecular weight excluding hydrogens is 711 g/mol. The molecule has 5 atom stereocenters. The second-order valence-electron chi connectivity index (χ2n) is 14.2. The number of esters is 2. The van der Waals surface area contributed by atoms with Gasteiger partial charge in [0.05, 0.1) is 36.0 Å². The van der Waals surface area contributed by atoms with Crippen molar-refractivity contribution in [1.82, 2.24) is 14.5 Å². The second-order valence-corrected chi connectivity index (χ2v) is 18.3. The molecule has 1 N–H and O–H groups in total. The van der Waals surface area contributed by atoms with Crippen LogP contribution in [0.5, 0.6) is 0 Å². The smallest absolute Gasteiger partial charge is 0.395 e.